The van der Waals surface area contributed by atoms with Crippen molar-refractivity contribution in [2.45, 2.75) is 25.4 Å². The number of rotatable bonds is 8. The van der Waals surface area contributed by atoms with Crippen LogP contribution in [0.3, 0.4) is 0 Å². The van der Waals surface area contributed by atoms with Crippen molar-refractivity contribution in [2.24, 2.45) is 0 Å². The zero-order chi connectivity index (χ0) is 28.4. The van der Waals surface area contributed by atoms with Gasteiger partial charge < -0.3 is 14.6 Å². The van der Waals surface area contributed by atoms with Gasteiger partial charge in [0.05, 0.1) is 24.2 Å². The first-order valence-electron chi connectivity index (χ1n) is 12.3. The van der Waals surface area contributed by atoms with Gasteiger partial charge in [-0.3, -0.25) is 18.6 Å². The van der Waals surface area contributed by atoms with Gasteiger partial charge in [-0.2, -0.15) is 4.98 Å². The van der Waals surface area contributed by atoms with Crippen molar-refractivity contribution in [3.05, 3.63) is 76.6 Å². The van der Waals surface area contributed by atoms with E-state index in [1.165, 1.54) is 45.6 Å². The third kappa shape index (κ3) is 6.17. The van der Waals surface area contributed by atoms with E-state index in [1.807, 2.05) is 4.72 Å². The second-order valence-electron chi connectivity index (χ2n) is 9.37. The first-order chi connectivity index (χ1) is 19.1. The molecule has 1 fully saturated rings. The zero-order valence-corrected chi connectivity index (χ0v) is 22.9. The highest BCUT2D eigenvalue weighted by Crippen LogP contribution is 2.27. The average molecular weight is 587 g/mol. The van der Waals surface area contributed by atoms with Gasteiger partial charge in [-0.15, -0.1) is 0 Å². The SMILES string of the molecule is CS(=O)(=O)N1CCC(Nc2ncc3ccc(=O)n(Cc4ccc(-c5cccc(NS(=O)[O-])c5F)nc4)c3n2)CC1. The molecule has 1 aliphatic rings. The Balaban J connectivity index is 1.36. The number of hydrogen-bond donors (Lipinski definition) is 2. The van der Waals surface area contributed by atoms with Crippen LogP contribution in [0.1, 0.15) is 18.4 Å². The molecule has 1 atom stereocenters. The van der Waals surface area contributed by atoms with Crippen molar-refractivity contribution in [3.63, 3.8) is 0 Å². The van der Waals surface area contributed by atoms with Crippen LogP contribution in [0.15, 0.2) is 59.7 Å². The van der Waals surface area contributed by atoms with Crippen molar-refractivity contribution in [2.75, 3.05) is 29.4 Å². The average Bonchev–Trinajstić information content (AvgIpc) is 2.92. The summed E-state index contributed by atoms with van der Waals surface area (Å²) in [5, 5.41) is 3.91. The maximum atomic E-state index is 14.8. The van der Waals surface area contributed by atoms with Crippen molar-refractivity contribution in [1.29, 1.82) is 0 Å². The lowest BCUT2D eigenvalue weighted by molar-refractivity contribution is 0.331. The van der Waals surface area contributed by atoms with Gasteiger partial charge in [0.2, 0.25) is 16.0 Å². The summed E-state index contributed by atoms with van der Waals surface area (Å²) < 4.78 is 65.1. The lowest BCUT2D eigenvalue weighted by atomic mass is 10.1. The molecule has 4 aromatic rings. The highest BCUT2D eigenvalue weighted by atomic mass is 32.2. The monoisotopic (exact) mass is 586 g/mol. The maximum absolute atomic E-state index is 14.8. The number of aromatic nitrogens is 4. The lowest BCUT2D eigenvalue weighted by Gasteiger charge is -2.30. The molecule has 0 amide bonds. The number of nitrogens with one attached hydrogen (secondary N) is 2. The van der Waals surface area contributed by atoms with Crippen LogP contribution in [0.2, 0.25) is 0 Å². The molecule has 1 aromatic carbocycles. The van der Waals surface area contributed by atoms with Crippen molar-refractivity contribution < 1.29 is 21.6 Å². The van der Waals surface area contributed by atoms with E-state index in [4.69, 9.17) is 0 Å². The molecular formula is C25H25FN7O5S2-. The van der Waals surface area contributed by atoms with Gasteiger partial charge in [0.1, 0.15) is 5.65 Å². The van der Waals surface area contributed by atoms with Crippen LogP contribution >= 0.6 is 0 Å². The largest absolute Gasteiger partial charge is 0.755 e. The van der Waals surface area contributed by atoms with Gasteiger partial charge in [-0.25, -0.2) is 22.1 Å². The minimum atomic E-state index is -3.23. The van der Waals surface area contributed by atoms with E-state index in [0.29, 0.717) is 54.2 Å². The highest BCUT2D eigenvalue weighted by Gasteiger charge is 2.25. The summed E-state index contributed by atoms with van der Waals surface area (Å²) in [5.74, 6) is -0.419. The van der Waals surface area contributed by atoms with E-state index in [-0.39, 0.29) is 29.4 Å². The summed E-state index contributed by atoms with van der Waals surface area (Å²) in [6.45, 7) is 0.952. The van der Waals surface area contributed by atoms with Gasteiger partial charge in [0, 0.05) is 59.8 Å². The van der Waals surface area contributed by atoms with Gasteiger partial charge in [-0.05, 0) is 42.7 Å². The summed E-state index contributed by atoms with van der Waals surface area (Å²) in [6.07, 6.45) is 5.53. The topological polar surface area (TPSA) is 162 Å². The first kappa shape index (κ1) is 27.8. The molecule has 0 saturated carbocycles. The highest BCUT2D eigenvalue weighted by molar-refractivity contribution is 7.88. The molecule has 3 aromatic heterocycles. The second kappa shape index (κ2) is 11.4. The second-order valence-corrected chi connectivity index (χ2v) is 12.0. The molecule has 1 unspecified atom stereocenters. The molecular weight excluding hydrogens is 561 g/mol. The van der Waals surface area contributed by atoms with Crippen LogP contribution in [0.4, 0.5) is 16.0 Å². The zero-order valence-electron chi connectivity index (χ0n) is 21.3. The fourth-order valence-corrected chi connectivity index (χ4v) is 5.78. The Kier molecular flexibility index (Phi) is 7.89. The molecule has 0 bridgehead atoms. The van der Waals surface area contributed by atoms with E-state index in [0.717, 1.165) is 0 Å². The number of halogens is 1. The molecule has 40 heavy (non-hydrogen) atoms. The number of piperidine rings is 1. The Bertz CT molecular complexity index is 1740. The number of sulfonamides is 1. The molecule has 0 aliphatic carbocycles. The Hall–Kier alpha value is -3.79. The quantitative estimate of drug-likeness (QED) is 0.294. The van der Waals surface area contributed by atoms with Crippen LogP contribution in [-0.2, 0) is 27.8 Å². The van der Waals surface area contributed by atoms with Crippen molar-refractivity contribution in [3.8, 4) is 11.3 Å². The lowest BCUT2D eigenvalue weighted by Crippen LogP contribution is -2.42. The Morgan fingerprint density at radius 3 is 2.55 bits per heavy atom. The van der Waals surface area contributed by atoms with Crippen molar-refractivity contribution >= 4 is 44.0 Å². The van der Waals surface area contributed by atoms with Crippen LogP contribution < -0.4 is 15.6 Å². The third-order valence-corrected chi connectivity index (χ3v) is 8.30. The molecule has 15 heteroatoms. The summed E-state index contributed by atoms with van der Waals surface area (Å²) in [6, 6.07) is 10.7. The fourth-order valence-electron chi connectivity index (χ4n) is 4.57. The van der Waals surface area contributed by atoms with Crippen LogP contribution in [-0.4, -0.2) is 66.4 Å². The summed E-state index contributed by atoms with van der Waals surface area (Å²) in [5.41, 5.74) is 1.02. The van der Waals surface area contributed by atoms with Crippen LogP contribution in [0.5, 0.6) is 0 Å². The molecule has 0 spiro atoms. The number of benzene rings is 1. The van der Waals surface area contributed by atoms with Crippen LogP contribution in [0, 0.1) is 5.82 Å². The number of anilines is 2. The predicted molar refractivity (Wildman–Crippen MR) is 148 cm³/mol. The van der Waals surface area contributed by atoms with E-state index < -0.39 is 27.1 Å². The summed E-state index contributed by atoms with van der Waals surface area (Å²) in [7, 11) is -3.23. The molecule has 2 N–H and O–H groups in total. The van der Waals surface area contributed by atoms with E-state index in [2.05, 4.69) is 20.3 Å². The van der Waals surface area contributed by atoms with Crippen LogP contribution in [0.25, 0.3) is 22.3 Å². The minimum absolute atomic E-state index is 0.0150. The molecule has 210 valence electrons. The van der Waals surface area contributed by atoms with E-state index >= 15 is 0 Å². The third-order valence-electron chi connectivity index (χ3n) is 6.61. The predicted octanol–water partition coefficient (Wildman–Crippen LogP) is 2.08. The van der Waals surface area contributed by atoms with Crippen molar-refractivity contribution in [1.82, 2.24) is 23.8 Å². The molecule has 1 aliphatic heterocycles. The fraction of sp³-hybridized carbons (Fsp3) is 0.280. The maximum Gasteiger partial charge on any atom is 0.252 e. The minimum Gasteiger partial charge on any atom is -0.755 e. The number of pyridine rings is 2. The molecule has 1 saturated heterocycles. The molecule has 12 nitrogen and oxygen atoms in total. The standard InChI is InChI=1S/C25H26FN7O5S2/c1-40(37,38)32-11-9-18(10-12-32)29-25-28-14-17-6-8-22(34)33(24(17)30-25)15-16-5-7-20(27-13-16)19-3-2-4-21(23(19)26)31-39(35)36/h2-8,13-14,18,31H,9-12,15H2,1H3,(H,35,36)(H,28,29,30)/p-1. The smallest absolute Gasteiger partial charge is 0.252 e. The normalized spacial score (nSPS) is 15.7. The summed E-state index contributed by atoms with van der Waals surface area (Å²) >= 11 is -2.67. The Morgan fingerprint density at radius 2 is 1.88 bits per heavy atom. The summed E-state index contributed by atoms with van der Waals surface area (Å²) in [4.78, 5) is 26.1. The Morgan fingerprint density at radius 1 is 1.10 bits per heavy atom. The van der Waals surface area contributed by atoms with Gasteiger partial charge in [0.15, 0.2) is 5.82 Å². The van der Waals surface area contributed by atoms with Gasteiger partial charge >= 0.3 is 0 Å². The number of fused-ring (bicyclic) bond motifs is 1. The molecule has 4 heterocycles. The van der Waals surface area contributed by atoms with E-state index in [9.17, 15) is 26.4 Å². The number of nitrogens with zero attached hydrogens (tertiary/aromatic N) is 5. The molecule has 0 radical (unpaired) electrons. The van der Waals surface area contributed by atoms with E-state index in [1.54, 1.807) is 24.4 Å². The number of hydrogen-bond acceptors (Lipinski definition) is 9. The molecule has 5 rings (SSSR count). The van der Waals surface area contributed by atoms with Gasteiger partial charge in [0.25, 0.3) is 5.56 Å². The first-order valence-corrected chi connectivity index (χ1v) is 15.2. The Labute approximate surface area is 231 Å². The van der Waals surface area contributed by atoms with Gasteiger partial charge in [-0.1, -0.05) is 12.1 Å².